The lowest BCUT2D eigenvalue weighted by Gasteiger charge is -2.24. The first-order valence-corrected chi connectivity index (χ1v) is 9.84. The van der Waals surface area contributed by atoms with E-state index in [1.165, 1.54) is 11.1 Å². The zero-order valence-corrected chi connectivity index (χ0v) is 16.5. The molecule has 0 aromatic heterocycles. The molecular formula is C23H29ClN2O. The summed E-state index contributed by atoms with van der Waals surface area (Å²) in [6.45, 7) is 2.83. The summed E-state index contributed by atoms with van der Waals surface area (Å²) in [4.78, 5) is 12.7. The van der Waals surface area contributed by atoms with Gasteiger partial charge in [0.25, 0.3) is 0 Å². The zero-order valence-electron chi connectivity index (χ0n) is 15.7. The number of carbonyl (C=O) groups excluding carboxylic acids is 1. The van der Waals surface area contributed by atoms with Crippen molar-refractivity contribution in [2.24, 2.45) is 11.3 Å². The SMILES string of the molecule is Cl.O=C(NCC(Cc1ccccc1)c1ccccc1)C1CC12CCNCC2. The van der Waals surface area contributed by atoms with Gasteiger partial charge in [0.15, 0.2) is 0 Å². The topological polar surface area (TPSA) is 41.1 Å². The zero-order chi connectivity index (χ0) is 17.8. The van der Waals surface area contributed by atoms with Crippen LogP contribution in [-0.4, -0.2) is 25.5 Å². The van der Waals surface area contributed by atoms with Gasteiger partial charge in [0, 0.05) is 18.4 Å². The molecule has 2 unspecified atom stereocenters. The van der Waals surface area contributed by atoms with Gasteiger partial charge in [-0.2, -0.15) is 0 Å². The van der Waals surface area contributed by atoms with Crippen molar-refractivity contribution in [1.29, 1.82) is 0 Å². The molecule has 2 aromatic carbocycles. The third-order valence-corrected chi connectivity index (χ3v) is 6.22. The molecular weight excluding hydrogens is 356 g/mol. The van der Waals surface area contributed by atoms with Crippen LogP contribution in [0.15, 0.2) is 60.7 Å². The van der Waals surface area contributed by atoms with Crippen LogP contribution in [0.2, 0.25) is 0 Å². The maximum absolute atomic E-state index is 12.7. The number of piperidine rings is 1. The van der Waals surface area contributed by atoms with Crippen LogP contribution >= 0.6 is 12.4 Å². The largest absolute Gasteiger partial charge is 0.355 e. The Morgan fingerprint density at radius 1 is 1.04 bits per heavy atom. The fourth-order valence-electron chi connectivity index (χ4n) is 4.47. The predicted molar refractivity (Wildman–Crippen MR) is 112 cm³/mol. The predicted octanol–water partition coefficient (Wildman–Crippen LogP) is 3.94. The molecule has 1 aliphatic heterocycles. The van der Waals surface area contributed by atoms with E-state index in [0.717, 1.165) is 38.8 Å². The highest BCUT2D eigenvalue weighted by Gasteiger charge is 2.57. The van der Waals surface area contributed by atoms with Crippen molar-refractivity contribution in [3.8, 4) is 0 Å². The van der Waals surface area contributed by atoms with Gasteiger partial charge in [0.2, 0.25) is 5.91 Å². The molecule has 2 aromatic rings. The number of hydrogen-bond donors (Lipinski definition) is 2. The van der Waals surface area contributed by atoms with Crippen molar-refractivity contribution in [2.75, 3.05) is 19.6 Å². The molecule has 1 saturated heterocycles. The maximum atomic E-state index is 12.7. The van der Waals surface area contributed by atoms with E-state index >= 15 is 0 Å². The lowest BCUT2D eigenvalue weighted by molar-refractivity contribution is -0.123. The van der Waals surface area contributed by atoms with Gasteiger partial charge in [-0.15, -0.1) is 12.4 Å². The molecule has 1 aliphatic carbocycles. The molecule has 2 N–H and O–H groups in total. The standard InChI is InChI=1S/C23H28N2O.ClH/c26-22(21-16-23(21)11-13-24-14-12-23)25-17-20(19-9-5-2-6-10-19)15-18-7-3-1-4-8-18;/h1-10,20-21,24H,11-17H2,(H,25,26);1H. The number of hydrogen-bond acceptors (Lipinski definition) is 2. The fraction of sp³-hybridized carbons (Fsp3) is 0.435. The van der Waals surface area contributed by atoms with Gasteiger partial charge in [0.05, 0.1) is 0 Å². The molecule has 1 amide bonds. The molecule has 1 spiro atoms. The molecule has 144 valence electrons. The van der Waals surface area contributed by atoms with Crippen LogP contribution < -0.4 is 10.6 Å². The summed E-state index contributed by atoms with van der Waals surface area (Å²) < 4.78 is 0. The van der Waals surface area contributed by atoms with Crippen LogP contribution in [0.5, 0.6) is 0 Å². The molecule has 2 atom stereocenters. The van der Waals surface area contributed by atoms with E-state index < -0.39 is 0 Å². The number of amides is 1. The molecule has 1 saturated carbocycles. The van der Waals surface area contributed by atoms with Crippen LogP contribution in [0.4, 0.5) is 0 Å². The average molecular weight is 385 g/mol. The molecule has 2 aliphatic rings. The van der Waals surface area contributed by atoms with Gasteiger partial charge in [-0.25, -0.2) is 0 Å². The van der Waals surface area contributed by atoms with E-state index in [1.54, 1.807) is 0 Å². The highest BCUT2D eigenvalue weighted by Crippen LogP contribution is 2.58. The quantitative estimate of drug-likeness (QED) is 0.792. The highest BCUT2D eigenvalue weighted by atomic mass is 35.5. The van der Waals surface area contributed by atoms with Crippen LogP contribution in [0, 0.1) is 11.3 Å². The number of nitrogens with one attached hydrogen (secondary N) is 2. The molecule has 4 rings (SSSR count). The minimum Gasteiger partial charge on any atom is -0.355 e. The normalized spacial score (nSPS) is 21.1. The minimum atomic E-state index is 0. The van der Waals surface area contributed by atoms with Crippen LogP contribution in [0.25, 0.3) is 0 Å². The molecule has 1 heterocycles. The summed E-state index contributed by atoms with van der Waals surface area (Å²) in [5, 5.41) is 6.68. The first-order valence-electron chi connectivity index (χ1n) is 9.84. The van der Waals surface area contributed by atoms with Crippen molar-refractivity contribution in [2.45, 2.75) is 31.6 Å². The molecule has 0 radical (unpaired) electrons. The summed E-state index contributed by atoms with van der Waals surface area (Å²) in [5.74, 6) is 0.809. The fourth-order valence-corrected chi connectivity index (χ4v) is 4.47. The van der Waals surface area contributed by atoms with E-state index in [2.05, 4.69) is 59.2 Å². The van der Waals surface area contributed by atoms with Gasteiger partial charge in [-0.3, -0.25) is 4.79 Å². The van der Waals surface area contributed by atoms with Crippen molar-refractivity contribution in [3.63, 3.8) is 0 Å². The second-order valence-electron chi connectivity index (χ2n) is 7.91. The Morgan fingerprint density at radius 2 is 1.67 bits per heavy atom. The van der Waals surface area contributed by atoms with Crippen molar-refractivity contribution in [3.05, 3.63) is 71.8 Å². The summed E-state index contributed by atoms with van der Waals surface area (Å²) in [6, 6.07) is 21.1. The number of halogens is 1. The Bertz CT molecular complexity index is 729. The van der Waals surface area contributed by atoms with Crippen LogP contribution in [-0.2, 0) is 11.2 Å². The van der Waals surface area contributed by atoms with Gasteiger partial charge in [-0.05, 0) is 55.3 Å². The average Bonchev–Trinajstić information content (AvgIpc) is 3.39. The van der Waals surface area contributed by atoms with Crippen LogP contribution in [0.1, 0.15) is 36.3 Å². The second kappa shape index (κ2) is 8.90. The Hall–Kier alpha value is -1.84. The third-order valence-electron chi connectivity index (χ3n) is 6.22. The van der Waals surface area contributed by atoms with Gasteiger partial charge >= 0.3 is 0 Å². The Morgan fingerprint density at radius 3 is 2.33 bits per heavy atom. The van der Waals surface area contributed by atoms with Gasteiger partial charge in [0.1, 0.15) is 0 Å². The lowest BCUT2D eigenvalue weighted by Crippen LogP contribution is -2.35. The van der Waals surface area contributed by atoms with E-state index in [4.69, 9.17) is 0 Å². The summed E-state index contributed by atoms with van der Waals surface area (Å²) in [7, 11) is 0. The molecule has 27 heavy (non-hydrogen) atoms. The minimum absolute atomic E-state index is 0. The summed E-state index contributed by atoms with van der Waals surface area (Å²) in [5.41, 5.74) is 2.91. The highest BCUT2D eigenvalue weighted by molar-refractivity contribution is 5.85. The van der Waals surface area contributed by atoms with Crippen molar-refractivity contribution < 1.29 is 4.79 Å². The van der Waals surface area contributed by atoms with Gasteiger partial charge in [-0.1, -0.05) is 60.7 Å². The monoisotopic (exact) mass is 384 g/mol. The lowest BCUT2D eigenvalue weighted by atomic mass is 9.90. The first-order chi connectivity index (χ1) is 12.8. The van der Waals surface area contributed by atoms with E-state index in [0.29, 0.717) is 17.9 Å². The van der Waals surface area contributed by atoms with Gasteiger partial charge < -0.3 is 10.6 Å². The smallest absolute Gasteiger partial charge is 0.223 e. The van der Waals surface area contributed by atoms with Crippen LogP contribution in [0.3, 0.4) is 0 Å². The number of benzene rings is 2. The summed E-state index contributed by atoms with van der Waals surface area (Å²) in [6.07, 6.45) is 4.33. The Labute approximate surface area is 168 Å². The Balaban J connectivity index is 0.00000210. The Kier molecular flexibility index (Phi) is 6.56. The van der Waals surface area contributed by atoms with Crippen molar-refractivity contribution >= 4 is 18.3 Å². The number of carbonyl (C=O) groups is 1. The maximum Gasteiger partial charge on any atom is 0.223 e. The molecule has 2 fully saturated rings. The molecule has 4 heteroatoms. The number of rotatable bonds is 6. The second-order valence-corrected chi connectivity index (χ2v) is 7.91. The molecule has 0 bridgehead atoms. The van der Waals surface area contributed by atoms with E-state index in [-0.39, 0.29) is 24.2 Å². The molecule has 3 nitrogen and oxygen atoms in total. The van der Waals surface area contributed by atoms with Crippen molar-refractivity contribution in [1.82, 2.24) is 10.6 Å². The third kappa shape index (κ3) is 4.72. The first kappa shape index (κ1) is 19.9. The van der Waals surface area contributed by atoms with E-state index in [1.807, 2.05) is 12.1 Å². The summed E-state index contributed by atoms with van der Waals surface area (Å²) >= 11 is 0. The van der Waals surface area contributed by atoms with E-state index in [9.17, 15) is 4.79 Å².